The highest BCUT2D eigenvalue weighted by Crippen LogP contribution is 2.34. The number of hydrogen-bond donors (Lipinski definition) is 1. The van der Waals surface area contributed by atoms with Crippen LogP contribution in [0.4, 0.5) is 0 Å². The van der Waals surface area contributed by atoms with E-state index in [1.54, 1.807) is 11.3 Å². The first kappa shape index (κ1) is 16.7. The highest BCUT2D eigenvalue weighted by atomic mass is 32.1. The Morgan fingerprint density at radius 2 is 2.15 bits per heavy atom. The van der Waals surface area contributed by atoms with Gasteiger partial charge >= 0.3 is 0 Å². The molecule has 0 radical (unpaired) electrons. The van der Waals surface area contributed by atoms with E-state index in [4.69, 9.17) is 5.73 Å². The lowest BCUT2D eigenvalue weighted by Gasteiger charge is -2.14. The number of nitrogens with two attached hydrogens (primary N) is 1. The molecule has 1 unspecified atom stereocenters. The molecule has 1 aromatic heterocycles. The molecular weight excluding hydrogens is 264 g/mol. The van der Waals surface area contributed by atoms with Gasteiger partial charge in [-0.1, -0.05) is 27.4 Å². The van der Waals surface area contributed by atoms with Crippen molar-refractivity contribution in [2.45, 2.75) is 40.5 Å². The van der Waals surface area contributed by atoms with Crippen LogP contribution in [0.15, 0.2) is 23.2 Å². The van der Waals surface area contributed by atoms with Crippen LogP contribution in [0.3, 0.4) is 0 Å². The lowest BCUT2D eigenvalue weighted by atomic mass is 9.91. The fourth-order valence-electron chi connectivity index (χ4n) is 2.28. The van der Waals surface area contributed by atoms with Crippen LogP contribution in [0.1, 0.15) is 49.4 Å². The van der Waals surface area contributed by atoms with Crippen LogP contribution in [-0.2, 0) is 6.42 Å². The maximum absolute atomic E-state index is 5.85. The second-order valence-corrected chi connectivity index (χ2v) is 6.24. The third-order valence-corrected chi connectivity index (χ3v) is 5.05. The van der Waals surface area contributed by atoms with E-state index in [0.29, 0.717) is 11.6 Å². The number of thiophene rings is 1. The number of hydrogen-bond acceptors (Lipinski definition) is 3. The fraction of sp³-hybridized carbons (Fsp3) is 0.471. The number of allylic oxidation sites excluding steroid dienone is 2. The first-order valence-corrected chi connectivity index (χ1v) is 7.98. The molecule has 2 nitrogen and oxygen atoms in total. The molecule has 0 saturated carbocycles. The summed E-state index contributed by atoms with van der Waals surface area (Å²) in [5.41, 5.74) is 10.4. The Hall–Kier alpha value is -1.35. The van der Waals surface area contributed by atoms with E-state index >= 15 is 0 Å². The largest absolute Gasteiger partial charge is 0.398 e. The summed E-state index contributed by atoms with van der Waals surface area (Å²) in [7, 11) is 1.83. The van der Waals surface area contributed by atoms with Crippen molar-refractivity contribution in [1.82, 2.24) is 0 Å². The van der Waals surface area contributed by atoms with E-state index in [-0.39, 0.29) is 0 Å². The molecule has 1 heterocycles. The van der Waals surface area contributed by atoms with Crippen LogP contribution in [0, 0.1) is 5.92 Å². The first-order valence-electron chi connectivity index (χ1n) is 7.16. The van der Waals surface area contributed by atoms with Crippen LogP contribution in [0.2, 0.25) is 0 Å². The average molecular weight is 290 g/mol. The summed E-state index contributed by atoms with van der Waals surface area (Å²) in [4.78, 5) is 6.67. The minimum atomic E-state index is 0.507. The third-order valence-electron chi connectivity index (χ3n) is 3.70. The Labute approximate surface area is 127 Å². The molecule has 1 rings (SSSR count). The van der Waals surface area contributed by atoms with E-state index in [0.717, 1.165) is 17.7 Å². The molecule has 0 spiro atoms. The molecule has 0 fully saturated rings. The zero-order valence-electron chi connectivity index (χ0n) is 13.3. The maximum Gasteiger partial charge on any atom is 0.0502 e. The van der Waals surface area contributed by atoms with Crippen molar-refractivity contribution < 1.29 is 0 Å². The van der Waals surface area contributed by atoms with E-state index in [2.05, 4.69) is 45.3 Å². The predicted molar refractivity (Wildman–Crippen MR) is 93.4 cm³/mol. The fourth-order valence-corrected chi connectivity index (χ4v) is 3.31. The molecule has 0 bridgehead atoms. The normalized spacial score (nSPS) is 14.4. The smallest absolute Gasteiger partial charge is 0.0502 e. The van der Waals surface area contributed by atoms with Crippen molar-refractivity contribution in [2.24, 2.45) is 16.6 Å². The molecule has 0 aliphatic heterocycles. The number of aryl methyl sites for hydroxylation is 1. The van der Waals surface area contributed by atoms with Gasteiger partial charge in [-0.3, -0.25) is 4.99 Å². The first-order chi connectivity index (χ1) is 9.46. The summed E-state index contributed by atoms with van der Waals surface area (Å²) in [6, 6.07) is 2.17. The van der Waals surface area contributed by atoms with Gasteiger partial charge in [0, 0.05) is 23.8 Å². The minimum Gasteiger partial charge on any atom is -0.398 e. The second kappa shape index (κ2) is 7.44. The molecule has 0 amide bonds. The van der Waals surface area contributed by atoms with Crippen LogP contribution in [0.25, 0.3) is 11.3 Å². The van der Waals surface area contributed by atoms with Gasteiger partial charge in [0.1, 0.15) is 0 Å². The van der Waals surface area contributed by atoms with E-state index < -0.39 is 0 Å². The van der Waals surface area contributed by atoms with Gasteiger partial charge in [0.15, 0.2) is 0 Å². The summed E-state index contributed by atoms with van der Waals surface area (Å²) >= 11 is 1.75. The zero-order valence-corrected chi connectivity index (χ0v) is 14.1. The van der Waals surface area contributed by atoms with E-state index in [1.165, 1.54) is 21.6 Å². The van der Waals surface area contributed by atoms with Gasteiger partial charge < -0.3 is 5.73 Å². The molecule has 110 valence electrons. The van der Waals surface area contributed by atoms with E-state index in [1.807, 2.05) is 13.3 Å². The molecule has 1 atom stereocenters. The summed E-state index contributed by atoms with van der Waals surface area (Å²) in [6.45, 7) is 12.7. The molecule has 0 saturated heterocycles. The van der Waals surface area contributed by atoms with Crippen molar-refractivity contribution >= 4 is 28.8 Å². The molecule has 2 N–H and O–H groups in total. The van der Waals surface area contributed by atoms with Crippen molar-refractivity contribution in [3.8, 4) is 0 Å². The summed E-state index contributed by atoms with van der Waals surface area (Å²) in [5.74, 6) is 0.507. The zero-order chi connectivity index (χ0) is 15.3. The van der Waals surface area contributed by atoms with Gasteiger partial charge in [0.2, 0.25) is 0 Å². The van der Waals surface area contributed by atoms with E-state index in [9.17, 15) is 0 Å². The minimum absolute atomic E-state index is 0.507. The molecular formula is C17H26N2S. The quantitative estimate of drug-likeness (QED) is 0.754. The number of aliphatic imine (C=N–C) groups is 1. The summed E-state index contributed by atoms with van der Waals surface area (Å²) in [5, 5.41) is 0. The lowest BCUT2D eigenvalue weighted by Crippen LogP contribution is -2.03. The van der Waals surface area contributed by atoms with Crippen LogP contribution in [0.5, 0.6) is 0 Å². The molecule has 3 heteroatoms. The van der Waals surface area contributed by atoms with Gasteiger partial charge in [-0.2, -0.15) is 0 Å². The van der Waals surface area contributed by atoms with Gasteiger partial charge in [-0.05, 0) is 48.5 Å². The Morgan fingerprint density at radius 1 is 1.50 bits per heavy atom. The van der Waals surface area contributed by atoms with Gasteiger partial charge in [-0.15, -0.1) is 11.3 Å². The average Bonchev–Trinajstić information content (AvgIpc) is 2.87. The maximum atomic E-state index is 5.85. The van der Waals surface area contributed by atoms with Crippen molar-refractivity contribution in [3.05, 3.63) is 33.5 Å². The number of rotatable bonds is 6. The highest BCUT2D eigenvalue weighted by molar-refractivity contribution is 7.13. The van der Waals surface area contributed by atoms with Crippen LogP contribution >= 0.6 is 11.3 Å². The molecule has 20 heavy (non-hydrogen) atoms. The Kier molecular flexibility index (Phi) is 6.21. The Balaban J connectivity index is 3.42. The van der Waals surface area contributed by atoms with Crippen LogP contribution < -0.4 is 5.73 Å². The Bertz CT molecular complexity index is 535. The molecule has 0 aliphatic carbocycles. The lowest BCUT2D eigenvalue weighted by molar-refractivity contribution is 0.681. The molecule has 0 aromatic carbocycles. The van der Waals surface area contributed by atoms with Crippen molar-refractivity contribution in [1.29, 1.82) is 0 Å². The highest BCUT2D eigenvalue weighted by Gasteiger charge is 2.15. The number of nitrogens with zero attached hydrogens (tertiary/aromatic N) is 1. The second-order valence-electron chi connectivity index (χ2n) is 5.10. The Morgan fingerprint density at radius 3 is 2.60 bits per heavy atom. The predicted octanol–water partition coefficient (Wildman–Crippen LogP) is 4.76. The summed E-state index contributed by atoms with van der Waals surface area (Å²) in [6.07, 6.45) is 4.12. The topological polar surface area (TPSA) is 38.4 Å². The van der Waals surface area contributed by atoms with Crippen LogP contribution in [-0.4, -0.2) is 13.3 Å². The monoisotopic (exact) mass is 290 g/mol. The van der Waals surface area contributed by atoms with Gasteiger partial charge in [0.05, 0.1) is 4.88 Å². The third kappa shape index (κ3) is 3.60. The standard InChI is InChI=1S/C17H26N2S/c1-7-11(3)15(10-19-6)12(4)14-9-17(13(5)18)20-16(14)8-2/h9-11H,5,7-8,18H2,1-4,6H3/b15-12-,19-10?. The molecule has 0 aliphatic rings. The van der Waals surface area contributed by atoms with Gasteiger partial charge in [0.25, 0.3) is 0 Å². The molecule has 1 aromatic rings. The van der Waals surface area contributed by atoms with Gasteiger partial charge in [-0.25, -0.2) is 0 Å². The van der Waals surface area contributed by atoms with Crippen molar-refractivity contribution in [3.63, 3.8) is 0 Å². The summed E-state index contributed by atoms with van der Waals surface area (Å²) < 4.78 is 0. The SMILES string of the molecule is C=C(N)c1cc(/C(C)=C(/C=NC)C(C)CC)c(CC)s1. The van der Waals surface area contributed by atoms with Crippen molar-refractivity contribution in [2.75, 3.05) is 7.05 Å².